The highest BCUT2D eigenvalue weighted by Gasteiger charge is 2.16. The fraction of sp³-hybridized carbons (Fsp3) is 0.133. The first-order valence-corrected chi connectivity index (χ1v) is 7.27. The van der Waals surface area contributed by atoms with Crippen molar-refractivity contribution in [2.24, 2.45) is 0 Å². The zero-order chi connectivity index (χ0) is 18.6. The fourth-order valence-corrected chi connectivity index (χ4v) is 2.17. The van der Waals surface area contributed by atoms with E-state index < -0.39 is 15.8 Å². The Morgan fingerprint density at radius 2 is 1.80 bits per heavy atom. The lowest BCUT2D eigenvalue weighted by Crippen LogP contribution is -2.20. The lowest BCUT2D eigenvalue weighted by atomic mass is 10.2. The molecule has 0 fully saturated rings. The Bertz CT molecular complexity index is 838. The van der Waals surface area contributed by atoms with Crippen molar-refractivity contribution in [1.82, 2.24) is 0 Å². The predicted molar refractivity (Wildman–Crippen MR) is 90.1 cm³/mol. The number of carbonyl (C=O) groups is 1. The Morgan fingerprint density at radius 3 is 2.36 bits per heavy atom. The van der Waals surface area contributed by atoms with E-state index in [1.54, 1.807) is 6.92 Å². The highest BCUT2D eigenvalue weighted by atomic mass is 35.5. The van der Waals surface area contributed by atoms with Gasteiger partial charge in [0.1, 0.15) is 10.8 Å². The largest absolute Gasteiger partial charge is 0.484 e. The third kappa shape index (κ3) is 4.64. The van der Waals surface area contributed by atoms with E-state index in [-0.39, 0.29) is 23.0 Å². The first-order chi connectivity index (χ1) is 11.8. The fourth-order valence-electron chi connectivity index (χ4n) is 1.94. The molecule has 0 saturated heterocycles. The molecule has 10 heteroatoms. The van der Waals surface area contributed by atoms with Crippen LogP contribution in [0.5, 0.6) is 5.75 Å². The van der Waals surface area contributed by atoms with E-state index in [2.05, 4.69) is 5.32 Å². The molecule has 0 aromatic heterocycles. The molecule has 0 spiro atoms. The number of halogens is 1. The van der Waals surface area contributed by atoms with Crippen molar-refractivity contribution in [2.75, 3.05) is 11.9 Å². The van der Waals surface area contributed by atoms with Crippen LogP contribution in [0, 0.1) is 27.2 Å². The number of aryl methyl sites for hydroxylation is 1. The molecule has 2 aromatic carbocycles. The summed E-state index contributed by atoms with van der Waals surface area (Å²) in [5.74, 6) is -0.217. The molecule has 25 heavy (non-hydrogen) atoms. The SMILES string of the molecule is Cc1cc([N+](=O)[O-])c(Cl)cc1NC(=O)COc1ccc([N+](=O)[O-])cc1. The summed E-state index contributed by atoms with van der Waals surface area (Å²) in [7, 11) is 0. The predicted octanol–water partition coefficient (Wildman–Crippen LogP) is 3.48. The number of nitro groups is 2. The van der Waals surface area contributed by atoms with Gasteiger partial charge in [0.05, 0.1) is 9.85 Å². The smallest absolute Gasteiger partial charge is 0.288 e. The minimum absolute atomic E-state index is 0.0899. The molecule has 2 rings (SSSR count). The Balaban J connectivity index is 1.99. The van der Waals surface area contributed by atoms with Crippen molar-refractivity contribution in [3.8, 4) is 5.75 Å². The number of hydrogen-bond donors (Lipinski definition) is 1. The Morgan fingerprint density at radius 1 is 1.16 bits per heavy atom. The quantitative estimate of drug-likeness (QED) is 0.617. The number of non-ortho nitro benzene ring substituents is 1. The number of nitro benzene ring substituents is 2. The van der Waals surface area contributed by atoms with Gasteiger partial charge in [0.25, 0.3) is 17.3 Å². The van der Waals surface area contributed by atoms with Crippen molar-refractivity contribution in [3.63, 3.8) is 0 Å². The molecular weight excluding hydrogens is 354 g/mol. The van der Waals surface area contributed by atoms with Crippen molar-refractivity contribution in [2.45, 2.75) is 6.92 Å². The van der Waals surface area contributed by atoms with Crippen LogP contribution in [0.25, 0.3) is 0 Å². The van der Waals surface area contributed by atoms with Gasteiger partial charge in [0.15, 0.2) is 6.61 Å². The molecule has 0 aliphatic rings. The molecule has 1 N–H and O–H groups in total. The molecule has 0 aliphatic carbocycles. The van der Waals surface area contributed by atoms with E-state index in [4.69, 9.17) is 16.3 Å². The second-order valence-electron chi connectivity index (χ2n) is 4.96. The molecule has 9 nitrogen and oxygen atoms in total. The lowest BCUT2D eigenvalue weighted by Gasteiger charge is -2.10. The number of carbonyl (C=O) groups excluding carboxylic acids is 1. The number of anilines is 1. The molecule has 0 bridgehead atoms. The van der Waals surface area contributed by atoms with Crippen LogP contribution in [0.3, 0.4) is 0 Å². The zero-order valence-corrected chi connectivity index (χ0v) is 13.6. The minimum atomic E-state index is -0.612. The van der Waals surface area contributed by atoms with Gasteiger partial charge in [-0.15, -0.1) is 0 Å². The van der Waals surface area contributed by atoms with Crippen LogP contribution in [0.2, 0.25) is 5.02 Å². The first kappa shape index (κ1) is 18.1. The molecule has 0 atom stereocenters. The number of amides is 1. The monoisotopic (exact) mass is 365 g/mol. The molecule has 0 heterocycles. The third-order valence-corrected chi connectivity index (χ3v) is 3.48. The number of rotatable bonds is 6. The number of hydrogen-bond acceptors (Lipinski definition) is 6. The molecule has 2 aromatic rings. The van der Waals surface area contributed by atoms with Crippen LogP contribution in [0.15, 0.2) is 36.4 Å². The van der Waals surface area contributed by atoms with E-state index in [9.17, 15) is 25.0 Å². The van der Waals surface area contributed by atoms with E-state index in [1.165, 1.54) is 36.4 Å². The summed E-state index contributed by atoms with van der Waals surface area (Å²) >= 11 is 5.81. The molecule has 0 aliphatic heterocycles. The second-order valence-corrected chi connectivity index (χ2v) is 5.37. The van der Waals surface area contributed by atoms with Gasteiger partial charge in [0, 0.05) is 23.9 Å². The summed E-state index contributed by atoms with van der Waals surface area (Å²) < 4.78 is 5.23. The molecule has 130 valence electrons. The maximum absolute atomic E-state index is 11.9. The van der Waals surface area contributed by atoms with Crippen LogP contribution in [0.1, 0.15) is 5.56 Å². The summed E-state index contributed by atoms with van der Waals surface area (Å²) in [6, 6.07) is 7.81. The van der Waals surface area contributed by atoms with E-state index in [0.29, 0.717) is 17.0 Å². The Hall–Kier alpha value is -3.20. The van der Waals surface area contributed by atoms with Gasteiger partial charge < -0.3 is 10.1 Å². The van der Waals surface area contributed by atoms with Gasteiger partial charge in [-0.2, -0.15) is 0 Å². The van der Waals surface area contributed by atoms with E-state index in [0.717, 1.165) is 0 Å². The van der Waals surface area contributed by atoms with Crippen LogP contribution < -0.4 is 10.1 Å². The summed E-state index contributed by atoms with van der Waals surface area (Å²) in [6.45, 7) is 1.25. The average Bonchev–Trinajstić information content (AvgIpc) is 2.56. The van der Waals surface area contributed by atoms with E-state index in [1.807, 2.05) is 0 Å². The summed E-state index contributed by atoms with van der Waals surface area (Å²) in [4.78, 5) is 32.1. The number of benzene rings is 2. The zero-order valence-electron chi connectivity index (χ0n) is 12.9. The summed E-state index contributed by atoms with van der Waals surface area (Å²) in [6.07, 6.45) is 0. The lowest BCUT2D eigenvalue weighted by molar-refractivity contribution is -0.385. The van der Waals surface area contributed by atoms with E-state index >= 15 is 0 Å². The standard InChI is InChI=1S/C15H12ClN3O6/c1-9-6-14(19(23)24)12(16)7-13(9)17-15(20)8-25-11-4-2-10(3-5-11)18(21)22/h2-7H,8H2,1H3,(H,17,20). The molecule has 1 amide bonds. The Kier molecular flexibility index (Phi) is 5.50. The van der Waals surface area contributed by atoms with Crippen LogP contribution in [-0.2, 0) is 4.79 Å². The van der Waals surface area contributed by atoms with Crippen molar-refractivity contribution in [1.29, 1.82) is 0 Å². The number of nitrogens with zero attached hydrogens (tertiary/aromatic N) is 2. The van der Waals surface area contributed by atoms with Crippen LogP contribution in [0.4, 0.5) is 17.1 Å². The minimum Gasteiger partial charge on any atom is -0.484 e. The van der Waals surface area contributed by atoms with Gasteiger partial charge in [-0.05, 0) is 30.7 Å². The highest BCUT2D eigenvalue weighted by Crippen LogP contribution is 2.30. The molecular formula is C15H12ClN3O6. The first-order valence-electron chi connectivity index (χ1n) is 6.89. The molecule has 0 saturated carbocycles. The van der Waals surface area contributed by atoms with Crippen molar-refractivity contribution in [3.05, 3.63) is 67.2 Å². The van der Waals surface area contributed by atoms with Crippen molar-refractivity contribution >= 4 is 34.6 Å². The maximum Gasteiger partial charge on any atom is 0.288 e. The summed E-state index contributed by atoms with van der Waals surface area (Å²) in [5.41, 5.74) is 0.458. The normalized spacial score (nSPS) is 10.2. The molecule has 0 unspecified atom stereocenters. The van der Waals surface area contributed by atoms with Gasteiger partial charge in [-0.3, -0.25) is 25.0 Å². The number of nitrogens with one attached hydrogen (secondary N) is 1. The third-order valence-electron chi connectivity index (χ3n) is 3.18. The van der Waals surface area contributed by atoms with Gasteiger partial charge in [-0.1, -0.05) is 11.6 Å². The topological polar surface area (TPSA) is 125 Å². The number of ether oxygens (including phenoxy) is 1. The van der Waals surface area contributed by atoms with Gasteiger partial charge >= 0.3 is 0 Å². The maximum atomic E-state index is 11.9. The highest BCUT2D eigenvalue weighted by molar-refractivity contribution is 6.33. The van der Waals surface area contributed by atoms with Crippen molar-refractivity contribution < 1.29 is 19.4 Å². The Labute approximate surface area is 146 Å². The average molecular weight is 366 g/mol. The summed E-state index contributed by atoms with van der Waals surface area (Å²) in [5, 5.41) is 23.8. The molecule has 0 radical (unpaired) electrons. The van der Waals surface area contributed by atoms with Crippen LogP contribution in [-0.4, -0.2) is 22.4 Å². The van der Waals surface area contributed by atoms with Gasteiger partial charge in [0.2, 0.25) is 0 Å². The van der Waals surface area contributed by atoms with Crippen LogP contribution >= 0.6 is 11.6 Å². The van der Waals surface area contributed by atoms with Gasteiger partial charge in [-0.25, -0.2) is 0 Å². The second kappa shape index (κ2) is 7.58.